The van der Waals surface area contributed by atoms with Gasteiger partial charge in [-0.3, -0.25) is 5.43 Å². The molecule has 3 nitrogen and oxygen atoms in total. The van der Waals surface area contributed by atoms with E-state index in [4.69, 9.17) is 0 Å². The van der Waals surface area contributed by atoms with E-state index in [9.17, 15) is 0 Å². The zero-order valence-electron chi connectivity index (χ0n) is 12.6. The van der Waals surface area contributed by atoms with Crippen LogP contribution in [-0.4, -0.2) is 11.2 Å². The molecule has 1 heterocycles. The number of hydrogen-bond donors (Lipinski definition) is 1. The van der Waals surface area contributed by atoms with E-state index in [-0.39, 0.29) is 0 Å². The van der Waals surface area contributed by atoms with Crippen molar-refractivity contribution in [1.82, 2.24) is 4.98 Å². The van der Waals surface area contributed by atoms with E-state index in [2.05, 4.69) is 52.9 Å². The monoisotopic (exact) mass is 307 g/mol. The summed E-state index contributed by atoms with van der Waals surface area (Å²) in [4.78, 5) is 4.60. The van der Waals surface area contributed by atoms with Crippen LogP contribution in [0.2, 0.25) is 0 Å². The van der Waals surface area contributed by atoms with Gasteiger partial charge in [0.1, 0.15) is 0 Å². The van der Waals surface area contributed by atoms with Crippen LogP contribution in [0, 0.1) is 13.8 Å². The van der Waals surface area contributed by atoms with Gasteiger partial charge in [-0.2, -0.15) is 5.10 Å². The molecule has 2 aromatic carbocycles. The third-order valence-corrected chi connectivity index (χ3v) is 4.08. The summed E-state index contributed by atoms with van der Waals surface area (Å²) in [5, 5.41) is 7.08. The molecule has 22 heavy (non-hydrogen) atoms. The summed E-state index contributed by atoms with van der Waals surface area (Å²) in [5.74, 6) is 0. The molecule has 0 saturated carbocycles. The Kier molecular flexibility index (Phi) is 4.30. The topological polar surface area (TPSA) is 37.3 Å². The summed E-state index contributed by atoms with van der Waals surface area (Å²) in [6.07, 6.45) is 1.79. The number of nitrogens with one attached hydrogen (secondary N) is 1. The van der Waals surface area contributed by atoms with Gasteiger partial charge in [0, 0.05) is 10.9 Å². The van der Waals surface area contributed by atoms with Gasteiger partial charge < -0.3 is 0 Å². The predicted octanol–water partition coefficient (Wildman–Crippen LogP) is 4.87. The van der Waals surface area contributed by atoms with E-state index < -0.39 is 0 Å². The van der Waals surface area contributed by atoms with Crippen LogP contribution < -0.4 is 5.43 Å². The normalized spacial score (nSPS) is 11.0. The Bertz CT molecular complexity index is 791. The molecule has 0 aliphatic heterocycles. The molecule has 0 aliphatic carbocycles. The minimum absolute atomic E-state index is 0.794. The second-order valence-corrected chi connectivity index (χ2v) is 6.00. The van der Waals surface area contributed by atoms with Crippen molar-refractivity contribution in [3.63, 3.8) is 0 Å². The molecule has 0 saturated heterocycles. The molecule has 0 bridgehead atoms. The number of thiazole rings is 1. The first kappa shape index (κ1) is 14.5. The van der Waals surface area contributed by atoms with Gasteiger partial charge >= 0.3 is 0 Å². The fraction of sp³-hybridized carbons (Fsp3) is 0.111. The number of rotatable bonds is 4. The zero-order chi connectivity index (χ0) is 15.4. The fourth-order valence-corrected chi connectivity index (χ4v) is 2.91. The molecule has 1 aromatic heterocycles. The Morgan fingerprint density at radius 2 is 1.91 bits per heavy atom. The zero-order valence-corrected chi connectivity index (χ0v) is 13.4. The van der Waals surface area contributed by atoms with Gasteiger partial charge in [-0.25, -0.2) is 4.98 Å². The summed E-state index contributed by atoms with van der Waals surface area (Å²) in [6, 6.07) is 16.4. The van der Waals surface area contributed by atoms with Gasteiger partial charge in [0.05, 0.1) is 11.9 Å². The maximum atomic E-state index is 4.60. The van der Waals surface area contributed by atoms with E-state index in [0.29, 0.717) is 0 Å². The number of nitrogens with zero attached hydrogens (tertiary/aromatic N) is 2. The molecule has 110 valence electrons. The molecular formula is C18H17N3S. The number of aromatic nitrogens is 1. The van der Waals surface area contributed by atoms with Gasteiger partial charge in [-0.1, -0.05) is 54.1 Å². The van der Waals surface area contributed by atoms with Crippen molar-refractivity contribution in [3.05, 3.63) is 70.6 Å². The number of aryl methyl sites for hydroxylation is 2. The van der Waals surface area contributed by atoms with E-state index >= 15 is 0 Å². The Morgan fingerprint density at radius 1 is 1.09 bits per heavy atom. The first-order valence-electron chi connectivity index (χ1n) is 7.09. The molecule has 1 N–H and O–H groups in total. The first-order chi connectivity index (χ1) is 10.7. The number of benzene rings is 2. The van der Waals surface area contributed by atoms with Crippen LogP contribution in [0.5, 0.6) is 0 Å². The number of anilines is 1. The van der Waals surface area contributed by atoms with Crippen molar-refractivity contribution >= 4 is 22.7 Å². The number of hydrazone groups is 1. The van der Waals surface area contributed by atoms with E-state index in [1.807, 2.05) is 30.3 Å². The van der Waals surface area contributed by atoms with Gasteiger partial charge in [0.2, 0.25) is 5.13 Å². The second kappa shape index (κ2) is 6.54. The van der Waals surface area contributed by atoms with E-state index in [1.54, 1.807) is 17.6 Å². The van der Waals surface area contributed by atoms with Gasteiger partial charge in [0.15, 0.2) is 0 Å². The average Bonchev–Trinajstić information content (AvgIpc) is 2.97. The van der Waals surface area contributed by atoms with Gasteiger partial charge in [-0.15, -0.1) is 11.3 Å². The van der Waals surface area contributed by atoms with Crippen molar-refractivity contribution in [2.24, 2.45) is 5.10 Å². The summed E-state index contributed by atoms with van der Waals surface area (Å²) >= 11 is 1.56. The quantitative estimate of drug-likeness (QED) is 0.551. The molecule has 0 spiro atoms. The van der Waals surface area contributed by atoms with Crippen molar-refractivity contribution in [1.29, 1.82) is 0 Å². The van der Waals surface area contributed by atoms with Crippen LogP contribution in [0.1, 0.15) is 16.7 Å². The van der Waals surface area contributed by atoms with Crippen LogP contribution in [0.3, 0.4) is 0 Å². The fourth-order valence-electron chi connectivity index (χ4n) is 2.25. The molecule has 0 radical (unpaired) electrons. The van der Waals surface area contributed by atoms with Crippen molar-refractivity contribution < 1.29 is 0 Å². The third-order valence-electron chi connectivity index (χ3n) is 3.34. The maximum Gasteiger partial charge on any atom is 0.203 e. The van der Waals surface area contributed by atoms with Crippen molar-refractivity contribution in [3.8, 4) is 11.3 Å². The summed E-state index contributed by atoms with van der Waals surface area (Å²) in [7, 11) is 0. The third kappa shape index (κ3) is 3.40. The molecule has 4 heteroatoms. The lowest BCUT2D eigenvalue weighted by Gasteiger charge is -2.03. The van der Waals surface area contributed by atoms with E-state index in [0.717, 1.165) is 16.4 Å². The molecular weight excluding hydrogens is 290 g/mol. The molecule has 0 aliphatic rings. The van der Waals surface area contributed by atoms with Crippen molar-refractivity contribution in [2.45, 2.75) is 13.8 Å². The molecule has 0 unspecified atom stereocenters. The lowest BCUT2D eigenvalue weighted by Crippen LogP contribution is -1.90. The molecule has 0 atom stereocenters. The lowest BCUT2D eigenvalue weighted by molar-refractivity contribution is 1.28. The SMILES string of the molecule is Cc1ccc(-c2csc(NN=Cc3ccccc3)n2)c(C)c1. The first-order valence-corrected chi connectivity index (χ1v) is 7.97. The molecule has 0 fully saturated rings. The second-order valence-electron chi connectivity index (χ2n) is 5.14. The maximum absolute atomic E-state index is 4.60. The number of hydrogen-bond acceptors (Lipinski definition) is 4. The van der Waals surface area contributed by atoms with Crippen LogP contribution in [0.15, 0.2) is 59.0 Å². The highest BCUT2D eigenvalue weighted by molar-refractivity contribution is 7.14. The highest BCUT2D eigenvalue weighted by Crippen LogP contribution is 2.27. The minimum atomic E-state index is 0.794. The molecule has 3 rings (SSSR count). The largest absolute Gasteiger partial charge is 0.253 e. The summed E-state index contributed by atoms with van der Waals surface area (Å²) in [5.41, 5.74) is 8.71. The smallest absolute Gasteiger partial charge is 0.203 e. The molecule has 0 amide bonds. The Labute approximate surface area is 134 Å². The van der Waals surface area contributed by atoms with Gasteiger partial charge in [0.25, 0.3) is 0 Å². The van der Waals surface area contributed by atoms with Crippen LogP contribution in [0.25, 0.3) is 11.3 Å². The highest BCUT2D eigenvalue weighted by atomic mass is 32.1. The van der Waals surface area contributed by atoms with Crippen molar-refractivity contribution in [2.75, 3.05) is 5.43 Å². The summed E-state index contributed by atoms with van der Waals surface area (Å²) in [6.45, 7) is 4.21. The standard InChI is InChI=1S/C18H17N3S/c1-13-8-9-16(14(2)10-13)17-12-22-18(20-17)21-19-11-15-6-4-3-5-7-15/h3-12H,1-2H3,(H,20,21). The highest BCUT2D eigenvalue weighted by Gasteiger charge is 2.06. The van der Waals surface area contributed by atoms with Crippen LogP contribution in [0.4, 0.5) is 5.13 Å². The van der Waals surface area contributed by atoms with Crippen LogP contribution in [-0.2, 0) is 0 Å². The lowest BCUT2D eigenvalue weighted by atomic mass is 10.0. The minimum Gasteiger partial charge on any atom is -0.253 e. The summed E-state index contributed by atoms with van der Waals surface area (Å²) < 4.78 is 0. The van der Waals surface area contributed by atoms with E-state index in [1.165, 1.54) is 16.7 Å². The van der Waals surface area contributed by atoms with Gasteiger partial charge in [-0.05, 0) is 25.0 Å². The average molecular weight is 307 g/mol. The Morgan fingerprint density at radius 3 is 2.68 bits per heavy atom. The Hall–Kier alpha value is -2.46. The van der Waals surface area contributed by atoms with Crippen LogP contribution >= 0.6 is 11.3 Å². The Balaban J connectivity index is 1.73. The predicted molar refractivity (Wildman–Crippen MR) is 94.7 cm³/mol. The molecule has 3 aromatic rings.